The molecule has 0 fully saturated rings. The highest BCUT2D eigenvalue weighted by Gasteiger charge is 2.31. The van der Waals surface area contributed by atoms with Gasteiger partial charge in [0.05, 0.1) is 0 Å². The van der Waals surface area contributed by atoms with Gasteiger partial charge in [0.2, 0.25) is 0 Å². The zero-order chi connectivity index (χ0) is 40.6. The quantitative estimate of drug-likeness (QED) is 0.216. The average molecular weight is 711 g/mol. The van der Waals surface area contributed by atoms with Crippen LogP contribution in [-0.4, -0.2) is 34.7 Å². The molecule has 0 heterocycles. The summed E-state index contributed by atoms with van der Waals surface area (Å²) in [6.07, 6.45) is 0. The maximum absolute atomic E-state index is 12.4. The molecule has 0 bridgehead atoms. The van der Waals surface area contributed by atoms with E-state index in [0.717, 1.165) is 0 Å². The van der Waals surface area contributed by atoms with E-state index in [0.29, 0.717) is 33.4 Å². The van der Waals surface area contributed by atoms with Gasteiger partial charge in [-0.15, -0.1) is 0 Å². The van der Waals surface area contributed by atoms with Crippen molar-refractivity contribution < 1.29 is 28.8 Å². The Bertz CT molecular complexity index is 1700. The lowest BCUT2D eigenvalue weighted by Crippen LogP contribution is -2.26. The Morgan fingerprint density at radius 1 is 0.365 bits per heavy atom. The molecule has 3 aromatic carbocycles. The molecule has 0 N–H and O–H groups in total. The Morgan fingerprint density at radius 2 is 0.673 bits per heavy atom. The third-order valence-electron chi connectivity index (χ3n) is 8.03. The number of carbonyl (C=O) groups is 6. The van der Waals surface area contributed by atoms with Gasteiger partial charge in [0.15, 0.2) is 34.7 Å². The lowest BCUT2D eigenvalue weighted by atomic mass is 9.79. The van der Waals surface area contributed by atoms with Crippen LogP contribution in [0.2, 0.25) is 0 Å². The van der Waals surface area contributed by atoms with Crippen LogP contribution in [0.1, 0.15) is 173 Å². The van der Waals surface area contributed by atoms with Crippen molar-refractivity contribution in [2.45, 2.75) is 111 Å². The molecule has 3 aromatic rings. The number of benzene rings is 3. The molecule has 3 rings (SSSR count). The van der Waals surface area contributed by atoms with Crippen LogP contribution in [0.15, 0.2) is 72.8 Å². The van der Waals surface area contributed by atoms with Crippen molar-refractivity contribution in [1.82, 2.24) is 0 Å². The van der Waals surface area contributed by atoms with E-state index in [1.165, 1.54) is 0 Å². The van der Waals surface area contributed by atoms with Crippen LogP contribution >= 0.6 is 0 Å². The highest BCUT2D eigenvalue weighted by atomic mass is 16.1. The number of ketones is 6. The molecular weight excluding hydrogens is 649 g/mol. The van der Waals surface area contributed by atoms with E-state index < -0.39 is 16.2 Å². The van der Waals surface area contributed by atoms with Gasteiger partial charge in [-0.2, -0.15) is 0 Å². The van der Waals surface area contributed by atoms with Crippen molar-refractivity contribution in [3.63, 3.8) is 0 Å². The fraction of sp³-hybridized carbons (Fsp3) is 0.478. The second-order valence-corrected chi connectivity index (χ2v) is 18.1. The van der Waals surface area contributed by atoms with Crippen LogP contribution in [0.3, 0.4) is 0 Å². The first-order chi connectivity index (χ1) is 23.5. The van der Waals surface area contributed by atoms with Crippen molar-refractivity contribution >= 4 is 34.7 Å². The Balaban J connectivity index is 0.000000390. The number of Topliss-reactive ketones (excluding diaryl/α,β-unsaturated/α-hetero) is 6. The third-order valence-corrected chi connectivity index (χ3v) is 8.03. The van der Waals surface area contributed by atoms with Crippen molar-refractivity contribution in [3.05, 3.63) is 106 Å². The predicted octanol–water partition coefficient (Wildman–Crippen LogP) is 11.7. The molecule has 0 aromatic heterocycles. The highest BCUT2D eigenvalue weighted by Crippen LogP contribution is 2.28. The van der Waals surface area contributed by atoms with Crippen LogP contribution in [0, 0.1) is 33.5 Å². The highest BCUT2D eigenvalue weighted by molar-refractivity contribution is 6.12. The van der Waals surface area contributed by atoms with E-state index in [1.807, 2.05) is 111 Å². The van der Waals surface area contributed by atoms with Crippen molar-refractivity contribution in [1.29, 1.82) is 0 Å². The summed E-state index contributed by atoms with van der Waals surface area (Å²) in [4.78, 5) is 72.4. The van der Waals surface area contributed by atoms with Crippen LogP contribution in [0.5, 0.6) is 0 Å². The van der Waals surface area contributed by atoms with Gasteiger partial charge in [-0.25, -0.2) is 0 Å². The van der Waals surface area contributed by atoms with E-state index in [2.05, 4.69) is 0 Å². The van der Waals surface area contributed by atoms with Gasteiger partial charge >= 0.3 is 0 Å². The first kappa shape index (κ1) is 45.7. The van der Waals surface area contributed by atoms with E-state index in [4.69, 9.17) is 0 Å². The fourth-order valence-electron chi connectivity index (χ4n) is 4.82. The van der Waals surface area contributed by atoms with E-state index in [9.17, 15) is 28.8 Å². The fourth-order valence-corrected chi connectivity index (χ4v) is 4.82. The average Bonchev–Trinajstić information content (AvgIpc) is 3.05. The maximum atomic E-state index is 12.4. The monoisotopic (exact) mass is 710 g/mol. The molecule has 0 aliphatic rings. The van der Waals surface area contributed by atoms with Crippen LogP contribution in [0.25, 0.3) is 0 Å². The third kappa shape index (κ3) is 13.3. The summed E-state index contributed by atoms with van der Waals surface area (Å²) >= 11 is 0. The second kappa shape index (κ2) is 17.9. The summed E-state index contributed by atoms with van der Waals surface area (Å²) < 4.78 is 0. The Morgan fingerprint density at radius 3 is 1.02 bits per heavy atom. The number of hydrogen-bond donors (Lipinski definition) is 0. The molecule has 0 saturated carbocycles. The van der Waals surface area contributed by atoms with E-state index >= 15 is 0 Å². The number of carbonyl (C=O) groups excluding carboxylic acids is 6. The van der Waals surface area contributed by atoms with Gasteiger partial charge in [0.1, 0.15) is 0 Å². The standard InChI is InChI=1S/C16H22O2.2C15H20O2/c1-15(2,3)13(17)11-9-7-8-10-12(11)14(18)16(4,5)6;1-10(2)13(16)11-6-8-12(9-7-11)14(17)15(3,4)5;1-10(2)13(16)11-7-6-8-12(9-11)14(17)15(3,4)5/h7-10H,1-6H3;2*6-10H,1-5H3. The lowest BCUT2D eigenvalue weighted by molar-refractivity contribution is 0.0823. The van der Waals surface area contributed by atoms with Gasteiger partial charge in [0.25, 0.3) is 0 Å². The van der Waals surface area contributed by atoms with Gasteiger partial charge in [0, 0.05) is 66.9 Å². The number of rotatable bonds is 8. The zero-order valence-corrected chi connectivity index (χ0v) is 34.5. The largest absolute Gasteiger partial charge is 0.294 e. The van der Waals surface area contributed by atoms with Crippen LogP contribution < -0.4 is 0 Å². The summed E-state index contributed by atoms with van der Waals surface area (Å²) in [7, 11) is 0. The Kier molecular flexibility index (Phi) is 15.8. The smallest absolute Gasteiger partial charge is 0.168 e. The molecule has 0 spiro atoms. The molecule has 52 heavy (non-hydrogen) atoms. The van der Waals surface area contributed by atoms with Gasteiger partial charge in [-0.1, -0.05) is 178 Å². The topological polar surface area (TPSA) is 102 Å². The first-order valence-electron chi connectivity index (χ1n) is 18.1. The number of hydrogen-bond acceptors (Lipinski definition) is 6. The van der Waals surface area contributed by atoms with Crippen molar-refractivity contribution in [2.24, 2.45) is 33.5 Å². The molecule has 0 saturated heterocycles. The minimum absolute atomic E-state index is 0.00991. The molecule has 0 amide bonds. The van der Waals surface area contributed by atoms with Crippen molar-refractivity contribution in [3.8, 4) is 0 Å². The van der Waals surface area contributed by atoms with Crippen molar-refractivity contribution in [2.75, 3.05) is 0 Å². The zero-order valence-electron chi connectivity index (χ0n) is 34.5. The molecular formula is C46H62O6. The minimum Gasteiger partial charge on any atom is -0.294 e. The summed E-state index contributed by atoms with van der Waals surface area (Å²) in [6.45, 7) is 30.0. The Labute approximate surface area is 313 Å². The summed E-state index contributed by atoms with van der Waals surface area (Å²) in [5.74, 6) is 0.311. The van der Waals surface area contributed by atoms with Crippen LogP contribution in [0.4, 0.5) is 0 Å². The molecule has 6 nitrogen and oxygen atoms in total. The second-order valence-electron chi connectivity index (χ2n) is 18.1. The van der Waals surface area contributed by atoms with Crippen LogP contribution in [-0.2, 0) is 0 Å². The SMILES string of the molecule is CC(C)(C)C(=O)c1ccccc1C(=O)C(C)(C)C.CC(C)C(=O)c1ccc(C(=O)C(C)(C)C)cc1.CC(C)C(=O)c1cccc(C(=O)C(C)(C)C)c1. The molecule has 0 aliphatic heterocycles. The Hall–Kier alpha value is -4.32. The van der Waals surface area contributed by atoms with E-state index in [1.54, 1.807) is 72.8 Å². The molecule has 0 radical (unpaired) electrons. The summed E-state index contributed by atoms with van der Waals surface area (Å²) in [5.41, 5.74) is 1.88. The van der Waals surface area contributed by atoms with Gasteiger partial charge in [-0.3, -0.25) is 28.8 Å². The van der Waals surface area contributed by atoms with Gasteiger partial charge < -0.3 is 0 Å². The van der Waals surface area contributed by atoms with E-state index in [-0.39, 0.29) is 52.0 Å². The molecule has 0 unspecified atom stereocenters. The summed E-state index contributed by atoms with van der Waals surface area (Å²) in [6, 6.07) is 21.1. The lowest BCUT2D eigenvalue weighted by Gasteiger charge is -2.22. The van der Waals surface area contributed by atoms with Gasteiger partial charge in [-0.05, 0) is 6.07 Å². The predicted molar refractivity (Wildman–Crippen MR) is 213 cm³/mol. The maximum Gasteiger partial charge on any atom is 0.168 e. The molecule has 0 aliphatic carbocycles. The normalized spacial score (nSPS) is 11.9. The first-order valence-corrected chi connectivity index (χ1v) is 18.1. The molecule has 282 valence electrons. The molecule has 6 heteroatoms. The molecule has 0 atom stereocenters. The summed E-state index contributed by atoms with van der Waals surface area (Å²) in [5, 5.41) is 0. The minimum atomic E-state index is -0.478.